The number of ether oxygens (including phenoxy) is 1. The first-order valence-corrected chi connectivity index (χ1v) is 14.0. The van der Waals surface area contributed by atoms with Gasteiger partial charge in [-0.1, -0.05) is 25.1 Å². The number of nitrogens with one attached hydrogen (secondary N) is 3. The van der Waals surface area contributed by atoms with Crippen LogP contribution in [-0.2, 0) is 17.5 Å². The van der Waals surface area contributed by atoms with Crippen LogP contribution in [0.2, 0.25) is 0 Å². The standard InChI is InChI=1S/C32H36F3N5O3/c1-5-39(3)15-13-36-20-24-8-10-26(18-29(24)32(33,34)35)38-31(42)23-7-6-22-9-11-27(17-25(22)16-23)43-28-12-14-40(4)30(19-28)37-21(2)41/h6-12,16-19,36H,5,13-15,20H2,1-4H3,(H,37,41)(H,38,42). The Labute approximate surface area is 249 Å². The number of likely N-dealkylation sites (N-methyl/N-ethyl adjacent to an activating group) is 2. The number of hydrogen-bond donors (Lipinski definition) is 3. The summed E-state index contributed by atoms with van der Waals surface area (Å²) >= 11 is 0. The number of halogens is 3. The van der Waals surface area contributed by atoms with Gasteiger partial charge in [0.1, 0.15) is 17.3 Å². The normalized spacial score (nSPS) is 13.5. The molecule has 1 aliphatic heterocycles. The Kier molecular flexibility index (Phi) is 10.1. The van der Waals surface area contributed by atoms with Crippen molar-refractivity contribution in [1.82, 2.24) is 20.4 Å². The van der Waals surface area contributed by atoms with Crippen molar-refractivity contribution in [2.45, 2.75) is 26.6 Å². The van der Waals surface area contributed by atoms with Crippen LogP contribution in [0.15, 0.2) is 78.3 Å². The van der Waals surface area contributed by atoms with Crippen LogP contribution < -0.4 is 20.7 Å². The number of carbonyl (C=O) groups excluding carboxylic acids is 2. The van der Waals surface area contributed by atoms with E-state index in [1.807, 2.05) is 38.1 Å². The molecule has 0 unspecified atom stereocenters. The average Bonchev–Trinajstić information content (AvgIpc) is 2.96. The van der Waals surface area contributed by atoms with Gasteiger partial charge in [-0.3, -0.25) is 9.59 Å². The number of anilines is 1. The first-order chi connectivity index (χ1) is 20.4. The number of amides is 2. The minimum Gasteiger partial charge on any atom is -0.457 e. The molecule has 4 rings (SSSR count). The van der Waals surface area contributed by atoms with E-state index in [1.165, 1.54) is 19.1 Å². The number of allylic oxidation sites excluding steroid dienone is 1. The lowest BCUT2D eigenvalue weighted by Gasteiger charge is -2.25. The smallest absolute Gasteiger partial charge is 0.416 e. The van der Waals surface area contributed by atoms with Gasteiger partial charge in [-0.2, -0.15) is 13.2 Å². The number of carbonyl (C=O) groups is 2. The van der Waals surface area contributed by atoms with E-state index >= 15 is 0 Å². The van der Waals surface area contributed by atoms with Gasteiger partial charge < -0.3 is 30.5 Å². The van der Waals surface area contributed by atoms with Crippen LogP contribution >= 0.6 is 0 Å². The second-order valence-corrected chi connectivity index (χ2v) is 10.4. The van der Waals surface area contributed by atoms with Crippen molar-refractivity contribution >= 4 is 28.3 Å². The van der Waals surface area contributed by atoms with Crippen molar-refractivity contribution in [2.24, 2.45) is 0 Å². The molecule has 0 aromatic heterocycles. The molecule has 1 heterocycles. The van der Waals surface area contributed by atoms with E-state index in [4.69, 9.17) is 4.74 Å². The molecule has 0 saturated carbocycles. The summed E-state index contributed by atoms with van der Waals surface area (Å²) in [7, 11) is 3.79. The zero-order valence-corrected chi connectivity index (χ0v) is 24.6. The van der Waals surface area contributed by atoms with Gasteiger partial charge in [0.2, 0.25) is 5.91 Å². The Morgan fingerprint density at radius 1 is 1.02 bits per heavy atom. The monoisotopic (exact) mass is 595 g/mol. The summed E-state index contributed by atoms with van der Waals surface area (Å²) < 4.78 is 47.6. The molecule has 0 saturated heterocycles. The Morgan fingerprint density at radius 2 is 1.79 bits per heavy atom. The van der Waals surface area contributed by atoms with Gasteiger partial charge in [0.25, 0.3) is 5.91 Å². The molecular formula is C32H36F3N5O3. The number of hydrogen-bond acceptors (Lipinski definition) is 6. The SMILES string of the molecule is CCN(C)CCNCc1ccc(NC(=O)c2ccc3ccc(OC4=CCN(C)C(NC(C)=O)=C4)cc3c2)cc1C(F)(F)F. The molecule has 0 bridgehead atoms. The maximum atomic E-state index is 13.9. The molecule has 0 radical (unpaired) electrons. The van der Waals surface area contributed by atoms with Gasteiger partial charge in [0, 0.05) is 57.5 Å². The lowest BCUT2D eigenvalue weighted by molar-refractivity contribution is -0.138. The maximum Gasteiger partial charge on any atom is 0.416 e. The third-order valence-electron chi connectivity index (χ3n) is 7.07. The van der Waals surface area contributed by atoms with Gasteiger partial charge in [0.05, 0.1) is 5.56 Å². The predicted molar refractivity (Wildman–Crippen MR) is 161 cm³/mol. The summed E-state index contributed by atoms with van der Waals surface area (Å²) in [6.45, 7) is 6.18. The molecular weight excluding hydrogens is 559 g/mol. The summed E-state index contributed by atoms with van der Waals surface area (Å²) in [5, 5.41) is 10.0. The van der Waals surface area contributed by atoms with E-state index in [1.54, 1.807) is 36.4 Å². The third-order valence-corrected chi connectivity index (χ3v) is 7.07. The van der Waals surface area contributed by atoms with Crippen LogP contribution in [0.4, 0.5) is 18.9 Å². The lowest BCUT2D eigenvalue weighted by Crippen LogP contribution is -2.34. The fraction of sp³-hybridized carbons (Fsp3) is 0.312. The highest BCUT2D eigenvalue weighted by Crippen LogP contribution is 2.34. The van der Waals surface area contributed by atoms with Crippen molar-refractivity contribution in [3.8, 4) is 5.75 Å². The zero-order valence-electron chi connectivity index (χ0n) is 24.6. The number of nitrogens with zero attached hydrogens (tertiary/aromatic N) is 2. The molecule has 0 atom stereocenters. The molecule has 1 aliphatic rings. The number of benzene rings is 3. The van der Waals surface area contributed by atoms with Crippen LogP contribution in [0.1, 0.15) is 35.3 Å². The van der Waals surface area contributed by atoms with Crippen molar-refractivity contribution in [3.05, 3.63) is 95.0 Å². The van der Waals surface area contributed by atoms with E-state index in [0.717, 1.165) is 29.9 Å². The predicted octanol–water partition coefficient (Wildman–Crippen LogP) is 5.34. The molecule has 43 heavy (non-hydrogen) atoms. The van der Waals surface area contributed by atoms with E-state index in [2.05, 4.69) is 20.9 Å². The van der Waals surface area contributed by atoms with Gasteiger partial charge in [-0.15, -0.1) is 0 Å². The van der Waals surface area contributed by atoms with Crippen molar-refractivity contribution < 1.29 is 27.5 Å². The highest BCUT2D eigenvalue weighted by Gasteiger charge is 2.33. The Morgan fingerprint density at radius 3 is 2.51 bits per heavy atom. The minimum absolute atomic E-state index is 0.0555. The van der Waals surface area contributed by atoms with Crippen LogP contribution in [-0.4, -0.2) is 61.9 Å². The summed E-state index contributed by atoms with van der Waals surface area (Å²) in [6, 6.07) is 14.3. The molecule has 228 valence electrons. The minimum atomic E-state index is -4.57. The van der Waals surface area contributed by atoms with Gasteiger partial charge in [0.15, 0.2) is 0 Å². The van der Waals surface area contributed by atoms with E-state index in [0.29, 0.717) is 30.4 Å². The second kappa shape index (κ2) is 13.7. The first kappa shape index (κ1) is 31.6. The molecule has 0 aliphatic carbocycles. The van der Waals surface area contributed by atoms with Gasteiger partial charge in [-0.25, -0.2) is 0 Å². The molecule has 3 aromatic rings. The van der Waals surface area contributed by atoms with Crippen molar-refractivity contribution in [2.75, 3.05) is 45.6 Å². The summed E-state index contributed by atoms with van der Waals surface area (Å²) in [5.74, 6) is 0.977. The highest BCUT2D eigenvalue weighted by atomic mass is 19.4. The fourth-order valence-electron chi connectivity index (χ4n) is 4.50. The quantitative estimate of drug-likeness (QED) is 0.260. The molecule has 0 spiro atoms. The number of rotatable bonds is 11. The third kappa shape index (κ3) is 8.59. The lowest BCUT2D eigenvalue weighted by atomic mass is 10.0. The Balaban J connectivity index is 1.48. The zero-order chi connectivity index (χ0) is 31.1. The molecule has 3 aromatic carbocycles. The topological polar surface area (TPSA) is 85.9 Å². The van der Waals surface area contributed by atoms with Crippen LogP contribution in [0.3, 0.4) is 0 Å². The summed E-state index contributed by atoms with van der Waals surface area (Å²) in [5.41, 5.74) is -0.335. The van der Waals surface area contributed by atoms with Crippen LogP contribution in [0.5, 0.6) is 5.75 Å². The van der Waals surface area contributed by atoms with Gasteiger partial charge in [-0.05, 0) is 72.4 Å². The summed E-state index contributed by atoms with van der Waals surface area (Å²) in [4.78, 5) is 28.5. The summed E-state index contributed by atoms with van der Waals surface area (Å²) in [6.07, 6.45) is -0.972. The molecule has 0 fully saturated rings. The van der Waals surface area contributed by atoms with E-state index in [-0.39, 0.29) is 29.3 Å². The van der Waals surface area contributed by atoms with Gasteiger partial charge >= 0.3 is 6.18 Å². The highest BCUT2D eigenvalue weighted by molar-refractivity contribution is 6.06. The van der Waals surface area contributed by atoms with Crippen molar-refractivity contribution in [1.29, 1.82) is 0 Å². The Bertz CT molecular complexity index is 1550. The van der Waals surface area contributed by atoms with Crippen molar-refractivity contribution in [3.63, 3.8) is 0 Å². The molecule has 11 heteroatoms. The first-order valence-electron chi connectivity index (χ1n) is 14.0. The average molecular weight is 596 g/mol. The fourth-order valence-corrected chi connectivity index (χ4v) is 4.50. The number of fused-ring (bicyclic) bond motifs is 1. The van der Waals surface area contributed by atoms with E-state index in [9.17, 15) is 22.8 Å². The van der Waals surface area contributed by atoms with Crippen LogP contribution in [0, 0.1) is 0 Å². The molecule has 2 amide bonds. The maximum absolute atomic E-state index is 13.9. The Hall–Kier alpha value is -4.35. The molecule has 3 N–H and O–H groups in total. The van der Waals surface area contributed by atoms with E-state index < -0.39 is 17.6 Å². The second-order valence-electron chi connectivity index (χ2n) is 10.4. The molecule has 8 nitrogen and oxygen atoms in total. The largest absolute Gasteiger partial charge is 0.457 e. The van der Waals surface area contributed by atoms with Crippen LogP contribution in [0.25, 0.3) is 10.8 Å². The number of alkyl halides is 3.